The van der Waals surface area contributed by atoms with Crippen LogP contribution in [0.1, 0.15) is 17.7 Å². The maximum Gasteiger partial charge on any atom is 0.265 e. The van der Waals surface area contributed by atoms with E-state index >= 15 is 0 Å². The van der Waals surface area contributed by atoms with E-state index in [1.54, 1.807) is 0 Å². The molecule has 0 aliphatic carbocycles. The average Bonchev–Trinajstić information content (AvgIpc) is 2.04. The highest BCUT2D eigenvalue weighted by atomic mass is 19.3. The van der Waals surface area contributed by atoms with Crippen LogP contribution in [0, 0.1) is 0 Å². The standard InChI is InChI=1S/C7H6F3N/c8-4-6-5(7(9)10)2-1-3-11-6/h1-3,7H,4H2. The van der Waals surface area contributed by atoms with E-state index in [0.29, 0.717) is 0 Å². The molecule has 0 N–H and O–H groups in total. The molecule has 1 nitrogen and oxygen atoms in total. The third-order valence-corrected chi connectivity index (χ3v) is 1.29. The highest BCUT2D eigenvalue weighted by Crippen LogP contribution is 2.21. The van der Waals surface area contributed by atoms with Gasteiger partial charge >= 0.3 is 0 Å². The third-order valence-electron chi connectivity index (χ3n) is 1.29. The monoisotopic (exact) mass is 161 g/mol. The van der Waals surface area contributed by atoms with Gasteiger partial charge in [-0.15, -0.1) is 0 Å². The predicted molar refractivity (Wildman–Crippen MR) is 34.0 cm³/mol. The number of rotatable bonds is 2. The van der Waals surface area contributed by atoms with Gasteiger partial charge in [-0.1, -0.05) is 0 Å². The van der Waals surface area contributed by atoms with Gasteiger partial charge in [0, 0.05) is 11.8 Å². The van der Waals surface area contributed by atoms with Crippen molar-refractivity contribution in [2.45, 2.75) is 13.1 Å². The van der Waals surface area contributed by atoms with Gasteiger partial charge in [0.05, 0.1) is 5.69 Å². The first-order valence-electron chi connectivity index (χ1n) is 3.03. The Morgan fingerprint density at radius 1 is 1.45 bits per heavy atom. The molecule has 1 heterocycles. The number of halogens is 3. The zero-order valence-corrected chi connectivity index (χ0v) is 5.60. The summed E-state index contributed by atoms with van der Waals surface area (Å²) in [6.07, 6.45) is -1.35. The SMILES string of the molecule is FCc1ncccc1C(F)F. The smallest absolute Gasteiger partial charge is 0.258 e. The van der Waals surface area contributed by atoms with E-state index in [1.165, 1.54) is 18.3 Å². The van der Waals surface area contributed by atoms with Gasteiger partial charge in [0.1, 0.15) is 6.67 Å². The van der Waals surface area contributed by atoms with E-state index in [2.05, 4.69) is 4.98 Å². The molecule has 0 amide bonds. The molecule has 0 saturated heterocycles. The fraction of sp³-hybridized carbons (Fsp3) is 0.286. The Bertz CT molecular complexity index is 237. The highest BCUT2D eigenvalue weighted by molar-refractivity contribution is 5.19. The number of pyridine rings is 1. The summed E-state index contributed by atoms with van der Waals surface area (Å²) in [6.45, 7) is -0.944. The normalized spacial score (nSPS) is 10.5. The third kappa shape index (κ3) is 1.69. The lowest BCUT2D eigenvalue weighted by Gasteiger charge is -2.01. The van der Waals surface area contributed by atoms with Crippen LogP contribution in [0.25, 0.3) is 0 Å². The fourth-order valence-electron chi connectivity index (χ4n) is 0.761. The number of hydrogen-bond acceptors (Lipinski definition) is 1. The van der Waals surface area contributed by atoms with Crippen molar-refractivity contribution in [2.24, 2.45) is 0 Å². The molecule has 0 fully saturated rings. The van der Waals surface area contributed by atoms with Crippen LogP contribution in [-0.4, -0.2) is 4.98 Å². The molecule has 0 aromatic carbocycles. The Hall–Kier alpha value is -1.06. The molecule has 60 valence electrons. The maximum atomic E-state index is 12.0. The first-order chi connectivity index (χ1) is 5.25. The molecule has 0 radical (unpaired) electrons. The summed E-state index contributed by atoms with van der Waals surface area (Å²) in [7, 11) is 0. The van der Waals surface area contributed by atoms with E-state index in [1.807, 2.05) is 0 Å². The lowest BCUT2D eigenvalue weighted by Crippen LogP contribution is -1.94. The Labute approximate surface area is 61.9 Å². The van der Waals surface area contributed by atoms with Gasteiger partial charge in [-0.25, -0.2) is 13.2 Å². The minimum absolute atomic E-state index is 0.178. The summed E-state index contributed by atoms with van der Waals surface area (Å²) in [5.41, 5.74) is -0.502. The molecule has 0 unspecified atom stereocenters. The molecular weight excluding hydrogens is 155 g/mol. The first kappa shape index (κ1) is 8.04. The van der Waals surface area contributed by atoms with Crippen molar-refractivity contribution in [3.63, 3.8) is 0 Å². The van der Waals surface area contributed by atoms with Crippen molar-refractivity contribution in [3.8, 4) is 0 Å². The molecule has 0 bridgehead atoms. The van der Waals surface area contributed by atoms with E-state index in [-0.39, 0.29) is 11.3 Å². The van der Waals surface area contributed by atoms with Crippen LogP contribution >= 0.6 is 0 Å². The lowest BCUT2D eigenvalue weighted by atomic mass is 10.2. The summed E-state index contributed by atoms with van der Waals surface area (Å²) in [5, 5.41) is 0. The fourth-order valence-corrected chi connectivity index (χ4v) is 0.761. The zero-order valence-electron chi connectivity index (χ0n) is 5.60. The van der Waals surface area contributed by atoms with Crippen LogP contribution in [0.4, 0.5) is 13.2 Å². The van der Waals surface area contributed by atoms with Crippen molar-refractivity contribution in [3.05, 3.63) is 29.6 Å². The van der Waals surface area contributed by atoms with Crippen molar-refractivity contribution in [1.29, 1.82) is 0 Å². The Kier molecular flexibility index (Phi) is 2.46. The summed E-state index contributed by atoms with van der Waals surface area (Å²) in [4.78, 5) is 3.46. The van der Waals surface area contributed by atoms with Crippen LogP contribution in [-0.2, 0) is 6.67 Å². The number of nitrogens with zero attached hydrogens (tertiary/aromatic N) is 1. The molecule has 1 aromatic heterocycles. The van der Waals surface area contributed by atoms with E-state index < -0.39 is 13.1 Å². The molecule has 0 aliphatic heterocycles. The van der Waals surface area contributed by atoms with Crippen LogP contribution in [0.15, 0.2) is 18.3 Å². The minimum Gasteiger partial charge on any atom is -0.258 e. The van der Waals surface area contributed by atoms with Crippen LogP contribution in [0.5, 0.6) is 0 Å². The Morgan fingerprint density at radius 3 is 2.64 bits per heavy atom. The van der Waals surface area contributed by atoms with Gasteiger partial charge in [0.15, 0.2) is 0 Å². The second-order valence-electron chi connectivity index (χ2n) is 1.97. The summed E-state index contributed by atoms with van der Waals surface area (Å²) < 4.78 is 36.0. The van der Waals surface area contributed by atoms with Crippen molar-refractivity contribution in [2.75, 3.05) is 0 Å². The first-order valence-corrected chi connectivity index (χ1v) is 3.03. The zero-order chi connectivity index (χ0) is 8.27. The topological polar surface area (TPSA) is 12.9 Å². The second kappa shape index (κ2) is 3.37. The molecule has 0 atom stereocenters. The molecule has 0 aliphatic rings. The molecule has 11 heavy (non-hydrogen) atoms. The van der Waals surface area contributed by atoms with E-state index in [0.717, 1.165) is 0 Å². The molecule has 0 saturated carbocycles. The Morgan fingerprint density at radius 2 is 2.18 bits per heavy atom. The molecule has 1 aromatic rings. The predicted octanol–water partition coefficient (Wildman–Crippen LogP) is 2.49. The van der Waals surface area contributed by atoms with Gasteiger partial charge < -0.3 is 0 Å². The largest absolute Gasteiger partial charge is 0.265 e. The molecular formula is C7H6F3N. The minimum atomic E-state index is -2.64. The Balaban J connectivity index is 3.02. The quantitative estimate of drug-likeness (QED) is 0.649. The van der Waals surface area contributed by atoms with E-state index in [9.17, 15) is 13.2 Å². The van der Waals surface area contributed by atoms with Crippen LogP contribution < -0.4 is 0 Å². The van der Waals surface area contributed by atoms with Gasteiger partial charge in [-0.2, -0.15) is 0 Å². The number of hydrogen-bond donors (Lipinski definition) is 0. The van der Waals surface area contributed by atoms with Crippen molar-refractivity contribution >= 4 is 0 Å². The van der Waals surface area contributed by atoms with Gasteiger partial charge in [-0.3, -0.25) is 4.98 Å². The molecule has 1 rings (SSSR count). The molecule has 4 heteroatoms. The van der Waals surface area contributed by atoms with Gasteiger partial charge in [-0.05, 0) is 12.1 Å². The summed E-state index contributed by atoms with van der Waals surface area (Å²) >= 11 is 0. The lowest BCUT2D eigenvalue weighted by molar-refractivity contribution is 0.148. The second-order valence-corrected chi connectivity index (χ2v) is 1.97. The number of alkyl halides is 3. The van der Waals surface area contributed by atoms with Gasteiger partial charge in [0.25, 0.3) is 6.43 Å². The van der Waals surface area contributed by atoms with Gasteiger partial charge in [0.2, 0.25) is 0 Å². The van der Waals surface area contributed by atoms with Crippen LogP contribution in [0.3, 0.4) is 0 Å². The maximum absolute atomic E-state index is 12.0. The van der Waals surface area contributed by atoms with E-state index in [4.69, 9.17) is 0 Å². The molecule has 0 spiro atoms. The summed E-state index contributed by atoms with van der Waals surface area (Å²) in [6, 6.07) is 2.53. The van der Waals surface area contributed by atoms with Crippen molar-refractivity contribution < 1.29 is 13.2 Å². The average molecular weight is 161 g/mol. The number of aromatic nitrogens is 1. The van der Waals surface area contributed by atoms with Crippen LogP contribution in [0.2, 0.25) is 0 Å². The van der Waals surface area contributed by atoms with Crippen molar-refractivity contribution in [1.82, 2.24) is 4.98 Å². The highest BCUT2D eigenvalue weighted by Gasteiger charge is 2.12. The summed E-state index contributed by atoms with van der Waals surface area (Å²) in [5.74, 6) is 0.